The molecule has 1 aliphatic rings. The number of carbonyl (C=O) groups excluding carboxylic acids is 1. The summed E-state index contributed by atoms with van der Waals surface area (Å²) >= 11 is 0. The van der Waals surface area contributed by atoms with Crippen LogP contribution in [0.1, 0.15) is 38.5 Å². The van der Waals surface area contributed by atoms with Crippen molar-refractivity contribution in [3.8, 4) is 0 Å². The second kappa shape index (κ2) is 3.87. The maximum atomic E-state index is 11.0. The first kappa shape index (κ1) is 9.48. The predicted molar refractivity (Wildman–Crippen MR) is 44.9 cm³/mol. The highest BCUT2D eigenvalue weighted by Crippen LogP contribution is 2.15. The molecule has 4 N–H and O–H groups in total. The molecule has 0 unspecified atom stereocenters. The van der Waals surface area contributed by atoms with Crippen molar-refractivity contribution >= 4 is 5.97 Å². The van der Waals surface area contributed by atoms with Crippen LogP contribution in [0.3, 0.4) is 0 Å². The molecule has 0 radical (unpaired) electrons. The summed E-state index contributed by atoms with van der Waals surface area (Å²) in [4.78, 5) is 11.0. The van der Waals surface area contributed by atoms with Crippen molar-refractivity contribution in [1.29, 1.82) is 0 Å². The van der Waals surface area contributed by atoms with Gasteiger partial charge in [0.05, 0.1) is 0 Å². The number of cyclic esters (lactones) is 1. The standard InChI is InChI=1S/C8H16N2O2/c9-8(10)6-4-2-1-3-5-7(11)12-8/h1-6,9-10H2. The molecule has 0 aliphatic carbocycles. The van der Waals surface area contributed by atoms with Crippen molar-refractivity contribution in [2.45, 2.75) is 44.4 Å². The second-order valence-electron chi connectivity index (χ2n) is 3.34. The number of ether oxygens (including phenoxy) is 1. The highest BCUT2D eigenvalue weighted by atomic mass is 16.6. The van der Waals surface area contributed by atoms with E-state index in [1.165, 1.54) is 0 Å². The molecule has 0 aromatic heterocycles. The van der Waals surface area contributed by atoms with Gasteiger partial charge in [0.2, 0.25) is 5.85 Å². The zero-order valence-corrected chi connectivity index (χ0v) is 7.21. The highest BCUT2D eigenvalue weighted by Gasteiger charge is 2.24. The fourth-order valence-corrected chi connectivity index (χ4v) is 1.34. The first-order chi connectivity index (χ1) is 5.60. The molecular weight excluding hydrogens is 156 g/mol. The summed E-state index contributed by atoms with van der Waals surface area (Å²) in [5.74, 6) is -1.51. The minimum Gasteiger partial charge on any atom is -0.431 e. The van der Waals surface area contributed by atoms with Gasteiger partial charge in [-0.3, -0.25) is 16.3 Å². The summed E-state index contributed by atoms with van der Waals surface area (Å²) in [6.07, 6.45) is 4.95. The van der Waals surface area contributed by atoms with Gasteiger partial charge < -0.3 is 4.74 Å². The molecule has 12 heavy (non-hydrogen) atoms. The Morgan fingerprint density at radius 2 is 1.83 bits per heavy atom. The number of hydrogen-bond acceptors (Lipinski definition) is 4. The lowest BCUT2D eigenvalue weighted by Gasteiger charge is -2.23. The fourth-order valence-electron chi connectivity index (χ4n) is 1.34. The zero-order valence-electron chi connectivity index (χ0n) is 7.21. The van der Waals surface area contributed by atoms with Crippen LogP contribution in [0.4, 0.5) is 0 Å². The lowest BCUT2D eigenvalue weighted by molar-refractivity contribution is -0.159. The molecule has 0 atom stereocenters. The van der Waals surface area contributed by atoms with E-state index in [9.17, 15) is 4.79 Å². The van der Waals surface area contributed by atoms with E-state index in [1.54, 1.807) is 0 Å². The molecule has 1 rings (SSSR count). The highest BCUT2D eigenvalue weighted by molar-refractivity contribution is 5.69. The predicted octanol–water partition coefficient (Wildman–Crippen LogP) is 0.455. The van der Waals surface area contributed by atoms with Gasteiger partial charge in [-0.15, -0.1) is 0 Å². The molecule has 0 amide bonds. The van der Waals surface area contributed by atoms with Crippen molar-refractivity contribution in [2.75, 3.05) is 0 Å². The molecule has 0 saturated carbocycles. The summed E-state index contributed by atoms with van der Waals surface area (Å²) in [5.41, 5.74) is 11.1. The third kappa shape index (κ3) is 3.19. The average Bonchev–Trinajstić information content (AvgIpc) is 1.99. The van der Waals surface area contributed by atoms with Crippen LogP contribution in [0.25, 0.3) is 0 Å². The smallest absolute Gasteiger partial charge is 0.308 e. The molecule has 1 saturated heterocycles. The summed E-state index contributed by atoms with van der Waals surface area (Å²) in [6, 6.07) is 0. The van der Waals surface area contributed by atoms with Gasteiger partial charge in [0.25, 0.3) is 0 Å². The van der Waals surface area contributed by atoms with Crippen molar-refractivity contribution in [3.05, 3.63) is 0 Å². The number of carbonyl (C=O) groups is 1. The molecule has 0 aromatic carbocycles. The number of nitrogens with two attached hydrogens (primary N) is 2. The first-order valence-electron chi connectivity index (χ1n) is 4.40. The summed E-state index contributed by atoms with van der Waals surface area (Å²) in [5, 5.41) is 0. The topological polar surface area (TPSA) is 78.3 Å². The van der Waals surface area contributed by atoms with Crippen molar-refractivity contribution < 1.29 is 9.53 Å². The fraction of sp³-hybridized carbons (Fsp3) is 0.875. The Kier molecular flexibility index (Phi) is 3.05. The largest absolute Gasteiger partial charge is 0.431 e. The van der Waals surface area contributed by atoms with E-state index < -0.39 is 5.85 Å². The first-order valence-corrected chi connectivity index (χ1v) is 4.40. The third-order valence-corrected chi connectivity index (χ3v) is 2.00. The Morgan fingerprint density at radius 3 is 2.58 bits per heavy atom. The molecule has 70 valence electrons. The summed E-state index contributed by atoms with van der Waals surface area (Å²) in [7, 11) is 0. The normalized spacial score (nSPS) is 25.0. The van der Waals surface area contributed by atoms with Crippen molar-refractivity contribution in [2.24, 2.45) is 11.5 Å². The number of hydrogen-bond donors (Lipinski definition) is 2. The van der Waals surface area contributed by atoms with Crippen LogP contribution in [-0.4, -0.2) is 11.8 Å². The minimum absolute atomic E-state index is 0.276. The quantitative estimate of drug-likeness (QED) is 0.411. The van der Waals surface area contributed by atoms with Gasteiger partial charge in [-0.1, -0.05) is 12.8 Å². The van der Waals surface area contributed by atoms with Crippen LogP contribution in [0.2, 0.25) is 0 Å². The Bertz CT molecular complexity index is 168. The SMILES string of the molecule is NC1(N)CCCCCCC(=O)O1. The Morgan fingerprint density at radius 1 is 1.17 bits per heavy atom. The third-order valence-electron chi connectivity index (χ3n) is 2.00. The van der Waals surface area contributed by atoms with Gasteiger partial charge >= 0.3 is 5.97 Å². The van der Waals surface area contributed by atoms with Crippen molar-refractivity contribution in [3.63, 3.8) is 0 Å². The van der Waals surface area contributed by atoms with E-state index in [0.717, 1.165) is 25.7 Å². The average molecular weight is 172 g/mol. The van der Waals surface area contributed by atoms with Crippen molar-refractivity contribution in [1.82, 2.24) is 0 Å². The van der Waals surface area contributed by atoms with Gasteiger partial charge in [0, 0.05) is 12.8 Å². The van der Waals surface area contributed by atoms with Gasteiger partial charge in [0.15, 0.2) is 0 Å². The maximum Gasteiger partial charge on any atom is 0.308 e. The second-order valence-corrected chi connectivity index (χ2v) is 3.34. The van der Waals surface area contributed by atoms with Gasteiger partial charge in [-0.25, -0.2) is 0 Å². The monoisotopic (exact) mass is 172 g/mol. The molecule has 1 aliphatic heterocycles. The maximum absolute atomic E-state index is 11.0. The van der Waals surface area contributed by atoms with Crippen LogP contribution in [-0.2, 0) is 9.53 Å². The Balaban J connectivity index is 2.49. The number of esters is 1. The Labute approximate surface area is 72.2 Å². The van der Waals surface area contributed by atoms with Gasteiger partial charge in [-0.05, 0) is 12.8 Å². The molecule has 0 spiro atoms. The van der Waals surface area contributed by atoms with Crippen LogP contribution in [0.15, 0.2) is 0 Å². The molecule has 1 fully saturated rings. The Hall–Kier alpha value is -0.610. The van der Waals surface area contributed by atoms with E-state index >= 15 is 0 Å². The van der Waals surface area contributed by atoms with Crippen LogP contribution >= 0.6 is 0 Å². The molecule has 4 nitrogen and oxygen atoms in total. The molecule has 1 heterocycles. The van der Waals surface area contributed by atoms with Gasteiger partial charge in [0.1, 0.15) is 0 Å². The van der Waals surface area contributed by atoms with E-state index in [1.807, 2.05) is 0 Å². The van der Waals surface area contributed by atoms with E-state index in [-0.39, 0.29) is 5.97 Å². The van der Waals surface area contributed by atoms with Crippen LogP contribution < -0.4 is 11.5 Å². The summed E-state index contributed by atoms with van der Waals surface area (Å²) in [6.45, 7) is 0. The zero-order chi connectivity index (χ0) is 9.03. The molecule has 0 aromatic rings. The summed E-state index contributed by atoms with van der Waals surface area (Å²) < 4.78 is 4.88. The van der Waals surface area contributed by atoms with Crippen LogP contribution in [0.5, 0.6) is 0 Å². The number of rotatable bonds is 0. The minimum atomic E-state index is -1.23. The lowest BCUT2D eigenvalue weighted by atomic mass is 10.1. The van der Waals surface area contributed by atoms with Crippen LogP contribution in [0, 0.1) is 0 Å². The van der Waals surface area contributed by atoms with E-state index in [2.05, 4.69) is 0 Å². The van der Waals surface area contributed by atoms with Gasteiger partial charge in [-0.2, -0.15) is 0 Å². The molecule has 4 heteroatoms. The molecular formula is C8H16N2O2. The van der Waals surface area contributed by atoms with E-state index in [4.69, 9.17) is 16.2 Å². The lowest BCUT2D eigenvalue weighted by Crippen LogP contribution is -2.52. The molecule has 0 bridgehead atoms. The van der Waals surface area contributed by atoms with E-state index in [0.29, 0.717) is 12.8 Å².